The standard InChI is InChI=1S/C23H18N2O2/c26-22-20-8-4-5-9-21(20)23(27)25(22)19-11-10-17-14-24(15-18(17)12-19)13-16-6-2-1-3-7-16/h1-12H,13-15H2. The average Bonchev–Trinajstić information content (AvgIpc) is 3.20. The average molecular weight is 354 g/mol. The molecule has 27 heavy (non-hydrogen) atoms. The third-order valence-corrected chi connectivity index (χ3v) is 5.28. The van der Waals surface area contributed by atoms with Crippen LogP contribution in [0.15, 0.2) is 72.8 Å². The van der Waals surface area contributed by atoms with Crippen LogP contribution in [-0.4, -0.2) is 16.7 Å². The summed E-state index contributed by atoms with van der Waals surface area (Å²) in [4.78, 5) is 29.1. The number of hydrogen-bond donors (Lipinski definition) is 0. The Morgan fingerprint density at radius 1 is 0.704 bits per heavy atom. The van der Waals surface area contributed by atoms with Gasteiger partial charge in [0.25, 0.3) is 11.8 Å². The summed E-state index contributed by atoms with van der Waals surface area (Å²) in [7, 11) is 0. The summed E-state index contributed by atoms with van der Waals surface area (Å²) in [6, 6.07) is 23.3. The van der Waals surface area contributed by atoms with Crippen LogP contribution in [0.5, 0.6) is 0 Å². The summed E-state index contributed by atoms with van der Waals surface area (Å²) in [6.45, 7) is 2.59. The van der Waals surface area contributed by atoms with Crippen molar-refractivity contribution in [2.75, 3.05) is 4.90 Å². The van der Waals surface area contributed by atoms with Gasteiger partial charge in [-0.3, -0.25) is 14.5 Å². The lowest BCUT2D eigenvalue weighted by atomic mass is 10.1. The molecule has 2 heterocycles. The maximum Gasteiger partial charge on any atom is 0.266 e. The lowest BCUT2D eigenvalue weighted by Crippen LogP contribution is -2.29. The van der Waals surface area contributed by atoms with Gasteiger partial charge in [0.05, 0.1) is 16.8 Å². The molecule has 0 unspecified atom stereocenters. The van der Waals surface area contributed by atoms with E-state index in [9.17, 15) is 9.59 Å². The van der Waals surface area contributed by atoms with Crippen LogP contribution in [0.2, 0.25) is 0 Å². The number of fused-ring (bicyclic) bond motifs is 2. The summed E-state index contributed by atoms with van der Waals surface area (Å²) >= 11 is 0. The molecule has 0 N–H and O–H groups in total. The van der Waals surface area contributed by atoms with E-state index in [4.69, 9.17) is 0 Å². The molecule has 3 aromatic rings. The second-order valence-corrected chi connectivity index (χ2v) is 7.08. The number of carbonyl (C=O) groups is 2. The van der Waals surface area contributed by atoms with Crippen LogP contribution in [0, 0.1) is 0 Å². The number of nitrogens with zero attached hydrogens (tertiary/aromatic N) is 2. The highest BCUT2D eigenvalue weighted by Crippen LogP contribution is 2.32. The van der Waals surface area contributed by atoms with Crippen LogP contribution < -0.4 is 4.90 Å². The van der Waals surface area contributed by atoms with Crippen molar-refractivity contribution in [2.24, 2.45) is 0 Å². The maximum atomic E-state index is 12.7. The van der Waals surface area contributed by atoms with Crippen molar-refractivity contribution in [3.63, 3.8) is 0 Å². The Labute approximate surface area is 157 Å². The minimum atomic E-state index is -0.241. The van der Waals surface area contributed by atoms with Crippen molar-refractivity contribution in [3.05, 3.63) is 101 Å². The van der Waals surface area contributed by atoms with E-state index in [-0.39, 0.29) is 11.8 Å². The molecule has 0 atom stereocenters. The summed E-state index contributed by atoms with van der Waals surface area (Å²) in [5, 5.41) is 0. The van der Waals surface area contributed by atoms with Gasteiger partial charge in [0.15, 0.2) is 0 Å². The van der Waals surface area contributed by atoms with E-state index < -0.39 is 0 Å². The zero-order valence-electron chi connectivity index (χ0n) is 14.8. The van der Waals surface area contributed by atoms with Gasteiger partial charge in [-0.1, -0.05) is 48.5 Å². The van der Waals surface area contributed by atoms with E-state index in [1.165, 1.54) is 21.6 Å². The van der Waals surface area contributed by atoms with Gasteiger partial charge in [0.2, 0.25) is 0 Å². The number of benzene rings is 3. The Balaban J connectivity index is 1.40. The van der Waals surface area contributed by atoms with E-state index in [1.54, 1.807) is 24.3 Å². The first-order valence-corrected chi connectivity index (χ1v) is 9.06. The lowest BCUT2D eigenvalue weighted by Gasteiger charge is -2.15. The van der Waals surface area contributed by atoms with Gasteiger partial charge >= 0.3 is 0 Å². The van der Waals surface area contributed by atoms with Crippen LogP contribution in [0.1, 0.15) is 37.4 Å². The molecular formula is C23H18N2O2. The molecule has 132 valence electrons. The molecule has 0 bridgehead atoms. The van der Waals surface area contributed by atoms with Crippen molar-refractivity contribution in [1.82, 2.24) is 4.90 Å². The molecule has 3 aromatic carbocycles. The van der Waals surface area contributed by atoms with Gasteiger partial charge in [-0.2, -0.15) is 0 Å². The summed E-state index contributed by atoms with van der Waals surface area (Å²) in [6.07, 6.45) is 0. The number of rotatable bonds is 3. The zero-order valence-corrected chi connectivity index (χ0v) is 14.8. The molecule has 0 fully saturated rings. The van der Waals surface area contributed by atoms with Gasteiger partial charge in [-0.25, -0.2) is 4.90 Å². The van der Waals surface area contributed by atoms with Crippen molar-refractivity contribution in [2.45, 2.75) is 19.6 Å². The highest BCUT2D eigenvalue weighted by Gasteiger charge is 2.36. The number of hydrogen-bond acceptors (Lipinski definition) is 3. The lowest BCUT2D eigenvalue weighted by molar-refractivity contribution is 0.0926. The second-order valence-electron chi connectivity index (χ2n) is 7.08. The van der Waals surface area contributed by atoms with Gasteiger partial charge in [-0.15, -0.1) is 0 Å². The van der Waals surface area contributed by atoms with E-state index in [0.29, 0.717) is 16.8 Å². The van der Waals surface area contributed by atoms with Crippen molar-refractivity contribution in [1.29, 1.82) is 0 Å². The molecule has 2 amide bonds. The van der Waals surface area contributed by atoms with Crippen LogP contribution in [0.3, 0.4) is 0 Å². The predicted molar refractivity (Wildman–Crippen MR) is 103 cm³/mol. The first-order valence-electron chi connectivity index (χ1n) is 9.06. The highest BCUT2D eigenvalue weighted by atomic mass is 16.2. The topological polar surface area (TPSA) is 40.6 Å². The van der Waals surface area contributed by atoms with Gasteiger partial charge in [0.1, 0.15) is 0 Å². The molecule has 5 rings (SSSR count). The smallest absolute Gasteiger partial charge is 0.266 e. The third kappa shape index (κ3) is 2.66. The predicted octanol–water partition coefficient (Wildman–Crippen LogP) is 4.00. The van der Waals surface area contributed by atoms with E-state index >= 15 is 0 Å². The van der Waals surface area contributed by atoms with Crippen molar-refractivity contribution in [3.8, 4) is 0 Å². The molecule has 2 aliphatic heterocycles. The van der Waals surface area contributed by atoms with Crippen LogP contribution in [-0.2, 0) is 19.6 Å². The molecular weight excluding hydrogens is 336 g/mol. The Hall–Kier alpha value is -3.24. The Kier molecular flexibility index (Phi) is 3.66. The summed E-state index contributed by atoms with van der Waals surface area (Å²) in [5.41, 5.74) is 5.33. The minimum absolute atomic E-state index is 0.241. The molecule has 0 aromatic heterocycles. The number of anilines is 1. The first kappa shape index (κ1) is 16.0. The molecule has 4 nitrogen and oxygen atoms in total. The van der Waals surface area contributed by atoms with Gasteiger partial charge in [-0.05, 0) is 41.0 Å². The summed E-state index contributed by atoms with van der Waals surface area (Å²) in [5.74, 6) is -0.482. The molecule has 0 aliphatic carbocycles. The first-order chi connectivity index (χ1) is 13.2. The number of carbonyl (C=O) groups excluding carboxylic acids is 2. The monoisotopic (exact) mass is 354 g/mol. The van der Waals surface area contributed by atoms with Crippen molar-refractivity contribution >= 4 is 17.5 Å². The third-order valence-electron chi connectivity index (χ3n) is 5.28. The molecule has 0 saturated carbocycles. The molecule has 0 radical (unpaired) electrons. The van der Waals surface area contributed by atoms with E-state index in [1.807, 2.05) is 24.3 Å². The Morgan fingerprint density at radius 3 is 2.04 bits per heavy atom. The van der Waals surface area contributed by atoms with Crippen molar-refractivity contribution < 1.29 is 9.59 Å². The van der Waals surface area contributed by atoms with Crippen LogP contribution >= 0.6 is 0 Å². The quantitative estimate of drug-likeness (QED) is 0.668. The van der Waals surface area contributed by atoms with Crippen LogP contribution in [0.25, 0.3) is 0 Å². The fourth-order valence-corrected chi connectivity index (χ4v) is 3.97. The summed E-state index contributed by atoms with van der Waals surface area (Å²) < 4.78 is 0. The number of imide groups is 1. The molecule has 2 aliphatic rings. The van der Waals surface area contributed by atoms with Gasteiger partial charge < -0.3 is 0 Å². The normalized spacial score (nSPS) is 15.9. The van der Waals surface area contributed by atoms with Gasteiger partial charge in [0, 0.05) is 19.6 Å². The molecule has 0 spiro atoms. The largest absolute Gasteiger partial charge is 0.291 e. The fraction of sp³-hybridized carbons (Fsp3) is 0.130. The fourth-order valence-electron chi connectivity index (χ4n) is 3.97. The molecule has 4 heteroatoms. The second kappa shape index (κ2) is 6.18. The SMILES string of the molecule is O=C1c2ccccc2C(=O)N1c1ccc2c(c1)CN(Cc1ccccc1)C2. The Morgan fingerprint density at radius 2 is 1.33 bits per heavy atom. The zero-order chi connectivity index (χ0) is 18.4. The highest BCUT2D eigenvalue weighted by molar-refractivity contribution is 6.34. The van der Waals surface area contributed by atoms with E-state index in [0.717, 1.165) is 19.6 Å². The minimum Gasteiger partial charge on any atom is -0.291 e. The van der Waals surface area contributed by atoms with E-state index in [2.05, 4.69) is 29.2 Å². The van der Waals surface area contributed by atoms with Crippen LogP contribution in [0.4, 0.5) is 5.69 Å². The molecule has 0 saturated heterocycles. The number of amides is 2. The maximum absolute atomic E-state index is 12.7. The Bertz CT molecular complexity index is 1020.